The lowest BCUT2D eigenvalue weighted by Gasteiger charge is -2.06. The lowest BCUT2D eigenvalue weighted by atomic mass is 10.3. The summed E-state index contributed by atoms with van der Waals surface area (Å²) >= 11 is 5.80. The van der Waals surface area contributed by atoms with E-state index >= 15 is 0 Å². The third-order valence-electron chi connectivity index (χ3n) is 2.15. The van der Waals surface area contributed by atoms with E-state index in [1.165, 1.54) is 0 Å². The normalized spacial score (nSPS) is 10.1. The van der Waals surface area contributed by atoms with Crippen LogP contribution in [0.2, 0.25) is 5.02 Å². The summed E-state index contributed by atoms with van der Waals surface area (Å²) in [5, 5.41) is 4.01. The third-order valence-corrected chi connectivity index (χ3v) is 2.40. The zero-order valence-electron chi connectivity index (χ0n) is 8.94. The van der Waals surface area contributed by atoms with Gasteiger partial charge in [-0.3, -0.25) is 0 Å². The summed E-state index contributed by atoms with van der Waals surface area (Å²) in [7, 11) is 0. The van der Waals surface area contributed by atoms with Crippen molar-refractivity contribution in [2.45, 2.75) is 13.5 Å². The van der Waals surface area contributed by atoms with Crippen molar-refractivity contribution in [3.05, 3.63) is 53.1 Å². The van der Waals surface area contributed by atoms with Crippen LogP contribution in [0, 0.1) is 6.92 Å². The Kier molecular flexibility index (Phi) is 3.37. The van der Waals surface area contributed by atoms with E-state index in [2.05, 4.69) is 15.3 Å². The molecule has 0 unspecified atom stereocenters. The second-order valence-corrected chi connectivity index (χ2v) is 3.89. The van der Waals surface area contributed by atoms with E-state index in [1.54, 1.807) is 6.20 Å². The van der Waals surface area contributed by atoms with Gasteiger partial charge in [-0.05, 0) is 37.3 Å². The lowest BCUT2D eigenvalue weighted by molar-refractivity contribution is 0.955. The first-order valence-electron chi connectivity index (χ1n) is 5.02. The number of halogens is 1. The van der Waals surface area contributed by atoms with Gasteiger partial charge in [-0.2, -0.15) is 0 Å². The van der Waals surface area contributed by atoms with Crippen LogP contribution in [0.1, 0.15) is 11.5 Å². The Morgan fingerprint density at radius 2 is 1.94 bits per heavy atom. The van der Waals surface area contributed by atoms with Crippen molar-refractivity contribution in [3.8, 4) is 0 Å². The molecule has 2 rings (SSSR count). The predicted molar refractivity (Wildman–Crippen MR) is 65.5 cm³/mol. The van der Waals surface area contributed by atoms with Crippen molar-refractivity contribution in [2.24, 2.45) is 0 Å². The van der Waals surface area contributed by atoms with Gasteiger partial charge in [-0.15, -0.1) is 0 Å². The average molecular weight is 234 g/mol. The predicted octanol–water partition coefficient (Wildman–Crippen LogP) is 3.05. The highest BCUT2D eigenvalue weighted by molar-refractivity contribution is 6.30. The van der Waals surface area contributed by atoms with Crippen LogP contribution in [-0.2, 0) is 6.54 Å². The third kappa shape index (κ3) is 2.94. The SMILES string of the molecule is Cc1nccc(CNc2ccc(Cl)cc2)n1. The molecule has 3 nitrogen and oxygen atoms in total. The van der Waals surface area contributed by atoms with E-state index < -0.39 is 0 Å². The summed E-state index contributed by atoms with van der Waals surface area (Å²) in [5.74, 6) is 0.787. The summed E-state index contributed by atoms with van der Waals surface area (Å²) in [6, 6.07) is 9.49. The van der Waals surface area contributed by atoms with Crippen LogP contribution in [0.15, 0.2) is 36.5 Å². The first kappa shape index (κ1) is 10.9. The molecule has 0 aliphatic carbocycles. The molecule has 0 aliphatic heterocycles. The standard InChI is InChI=1S/C12H12ClN3/c1-9-14-7-6-12(16-9)8-15-11-4-2-10(13)3-5-11/h2-7,15H,8H2,1H3. The number of aromatic nitrogens is 2. The molecule has 4 heteroatoms. The van der Waals surface area contributed by atoms with Crippen LogP contribution < -0.4 is 5.32 Å². The van der Waals surface area contributed by atoms with Gasteiger partial charge in [0.15, 0.2) is 0 Å². The molecule has 2 aromatic rings. The maximum atomic E-state index is 5.80. The van der Waals surface area contributed by atoms with Crippen LogP contribution >= 0.6 is 11.6 Å². The van der Waals surface area contributed by atoms with Gasteiger partial charge in [-0.1, -0.05) is 11.6 Å². The highest BCUT2D eigenvalue weighted by atomic mass is 35.5. The molecule has 0 aliphatic rings. The summed E-state index contributed by atoms with van der Waals surface area (Å²) in [6.07, 6.45) is 1.77. The summed E-state index contributed by atoms with van der Waals surface area (Å²) < 4.78 is 0. The van der Waals surface area contributed by atoms with Gasteiger partial charge in [0.05, 0.1) is 12.2 Å². The minimum atomic E-state index is 0.686. The largest absolute Gasteiger partial charge is 0.379 e. The van der Waals surface area contributed by atoms with Crippen molar-refractivity contribution in [1.82, 2.24) is 9.97 Å². The average Bonchev–Trinajstić information content (AvgIpc) is 2.28. The number of rotatable bonds is 3. The van der Waals surface area contributed by atoms with Gasteiger partial charge in [0.25, 0.3) is 0 Å². The van der Waals surface area contributed by atoms with Crippen molar-refractivity contribution in [1.29, 1.82) is 0 Å². The second-order valence-electron chi connectivity index (χ2n) is 3.46. The number of nitrogens with one attached hydrogen (secondary N) is 1. The van der Waals surface area contributed by atoms with E-state index in [0.29, 0.717) is 6.54 Å². The van der Waals surface area contributed by atoms with Gasteiger partial charge in [0.2, 0.25) is 0 Å². The summed E-state index contributed by atoms with van der Waals surface area (Å²) in [4.78, 5) is 8.36. The van der Waals surface area contributed by atoms with Crippen molar-refractivity contribution in [3.63, 3.8) is 0 Å². The zero-order valence-corrected chi connectivity index (χ0v) is 9.70. The fourth-order valence-corrected chi connectivity index (χ4v) is 1.49. The van der Waals surface area contributed by atoms with Gasteiger partial charge in [0.1, 0.15) is 5.82 Å². The molecule has 1 N–H and O–H groups in total. The Labute approximate surface area is 99.5 Å². The number of aryl methyl sites for hydroxylation is 1. The van der Waals surface area contributed by atoms with Crippen LogP contribution in [0.4, 0.5) is 5.69 Å². The van der Waals surface area contributed by atoms with Crippen molar-refractivity contribution in [2.75, 3.05) is 5.32 Å². The topological polar surface area (TPSA) is 37.8 Å². The molecule has 16 heavy (non-hydrogen) atoms. The van der Waals surface area contributed by atoms with Crippen molar-refractivity contribution >= 4 is 17.3 Å². The van der Waals surface area contributed by atoms with E-state index in [-0.39, 0.29) is 0 Å². The Balaban J connectivity index is 1.99. The minimum Gasteiger partial charge on any atom is -0.379 e. The Bertz CT molecular complexity index is 468. The van der Waals surface area contributed by atoms with Gasteiger partial charge < -0.3 is 5.32 Å². The Morgan fingerprint density at radius 3 is 2.62 bits per heavy atom. The van der Waals surface area contributed by atoms with Gasteiger partial charge in [-0.25, -0.2) is 9.97 Å². The molecule has 0 amide bonds. The second kappa shape index (κ2) is 4.94. The zero-order chi connectivity index (χ0) is 11.4. The molecule has 0 fully saturated rings. The number of nitrogens with zero attached hydrogens (tertiary/aromatic N) is 2. The maximum absolute atomic E-state index is 5.80. The highest BCUT2D eigenvalue weighted by Crippen LogP contribution is 2.13. The Hall–Kier alpha value is -1.61. The summed E-state index contributed by atoms with van der Waals surface area (Å²) in [5.41, 5.74) is 2.00. The lowest BCUT2D eigenvalue weighted by Crippen LogP contribution is -2.02. The van der Waals surface area contributed by atoms with E-state index in [0.717, 1.165) is 22.2 Å². The molecule has 1 aromatic carbocycles. The van der Waals surface area contributed by atoms with E-state index in [1.807, 2.05) is 37.3 Å². The minimum absolute atomic E-state index is 0.686. The van der Waals surface area contributed by atoms with Gasteiger partial charge >= 0.3 is 0 Å². The number of hydrogen-bond donors (Lipinski definition) is 1. The molecule has 0 atom stereocenters. The van der Waals surface area contributed by atoms with E-state index in [9.17, 15) is 0 Å². The first-order chi connectivity index (χ1) is 7.74. The maximum Gasteiger partial charge on any atom is 0.125 e. The first-order valence-corrected chi connectivity index (χ1v) is 5.40. The quantitative estimate of drug-likeness (QED) is 0.886. The molecule has 1 aromatic heterocycles. The fraction of sp³-hybridized carbons (Fsp3) is 0.167. The molecule has 82 valence electrons. The molecule has 1 heterocycles. The van der Waals surface area contributed by atoms with Crippen LogP contribution in [0.5, 0.6) is 0 Å². The molecular weight excluding hydrogens is 222 g/mol. The number of benzene rings is 1. The van der Waals surface area contributed by atoms with Crippen LogP contribution in [0.25, 0.3) is 0 Å². The summed E-state index contributed by atoms with van der Waals surface area (Å²) in [6.45, 7) is 2.57. The Morgan fingerprint density at radius 1 is 1.19 bits per heavy atom. The van der Waals surface area contributed by atoms with Gasteiger partial charge in [0, 0.05) is 16.9 Å². The number of hydrogen-bond acceptors (Lipinski definition) is 3. The molecule has 0 saturated carbocycles. The molecule has 0 radical (unpaired) electrons. The fourth-order valence-electron chi connectivity index (χ4n) is 1.36. The molecule has 0 spiro atoms. The highest BCUT2D eigenvalue weighted by Gasteiger charge is 1.96. The van der Waals surface area contributed by atoms with E-state index in [4.69, 9.17) is 11.6 Å². The molecular formula is C12H12ClN3. The number of anilines is 1. The molecule has 0 saturated heterocycles. The van der Waals surface area contributed by atoms with Crippen molar-refractivity contribution < 1.29 is 0 Å². The molecule has 0 bridgehead atoms. The monoisotopic (exact) mass is 233 g/mol. The smallest absolute Gasteiger partial charge is 0.125 e. The van der Waals surface area contributed by atoms with Crippen LogP contribution in [0.3, 0.4) is 0 Å². The van der Waals surface area contributed by atoms with Crippen LogP contribution in [-0.4, -0.2) is 9.97 Å².